The molecule has 0 spiro atoms. The van der Waals surface area contributed by atoms with E-state index in [1.54, 1.807) is 0 Å². The van der Waals surface area contributed by atoms with Crippen molar-refractivity contribution < 1.29 is 4.74 Å². The van der Waals surface area contributed by atoms with Crippen LogP contribution in [0.15, 0.2) is 18.2 Å². The number of rotatable bonds is 2. The zero-order chi connectivity index (χ0) is 10.7. The van der Waals surface area contributed by atoms with Gasteiger partial charge in [0.05, 0.1) is 0 Å². The lowest BCUT2D eigenvalue weighted by molar-refractivity contribution is 0.0904. The van der Waals surface area contributed by atoms with Gasteiger partial charge in [-0.25, -0.2) is 0 Å². The third kappa shape index (κ3) is 2.98. The molecule has 1 aromatic rings. The minimum absolute atomic E-state index is 0.538. The third-order valence-corrected chi connectivity index (χ3v) is 3.47. The van der Waals surface area contributed by atoms with Crippen LogP contribution in [0.4, 0.5) is 11.4 Å². The van der Waals surface area contributed by atoms with E-state index in [0.717, 1.165) is 31.7 Å². The van der Waals surface area contributed by atoms with E-state index in [2.05, 4.69) is 27.9 Å². The van der Waals surface area contributed by atoms with Gasteiger partial charge in [0, 0.05) is 34.2 Å². The molecule has 0 atom stereocenters. The summed E-state index contributed by atoms with van der Waals surface area (Å²) in [5, 5.41) is 3.53. The molecule has 1 aliphatic rings. The van der Waals surface area contributed by atoms with Gasteiger partial charge in [0.15, 0.2) is 0 Å². The number of nitrogens with one attached hydrogen (secondary N) is 1. The van der Waals surface area contributed by atoms with Crippen molar-refractivity contribution in [1.82, 2.24) is 0 Å². The number of halogens is 1. The molecule has 0 radical (unpaired) electrons. The van der Waals surface area contributed by atoms with Crippen LogP contribution in [0.3, 0.4) is 0 Å². The van der Waals surface area contributed by atoms with Crippen molar-refractivity contribution in [2.45, 2.75) is 18.9 Å². The van der Waals surface area contributed by atoms with E-state index in [0.29, 0.717) is 6.04 Å². The van der Waals surface area contributed by atoms with E-state index in [9.17, 15) is 0 Å². The minimum atomic E-state index is 0.538. The highest BCUT2D eigenvalue weighted by atomic mass is 127. The number of hydrogen-bond acceptors (Lipinski definition) is 3. The van der Waals surface area contributed by atoms with Crippen LogP contribution >= 0.6 is 22.6 Å². The minimum Gasteiger partial charge on any atom is -0.399 e. The van der Waals surface area contributed by atoms with Crippen molar-refractivity contribution in [3.8, 4) is 0 Å². The highest BCUT2D eigenvalue weighted by Gasteiger charge is 2.14. The first-order valence-electron chi connectivity index (χ1n) is 5.15. The fourth-order valence-electron chi connectivity index (χ4n) is 1.71. The number of nitrogen functional groups attached to an aromatic ring is 1. The fourth-order valence-corrected chi connectivity index (χ4v) is 2.41. The Bertz CT molecular complexity index is 337. The largest absolute Gasteiger partial charge is 0.399 e. The Morgan fingerprint density at radius 1 is 1.33 bits per heavy atom. The lowest BCUT2D eigenvalue weighted by Crippen LogP contribution is -2.28. The van der Waals surface area contributed by atoms with E-state index in [1.807, 2.05) is 18.2 Å². The molecule has 0 amide bonds. The monoisotopic (exact) mass is 318 g/mol. The van der Waals surface area contributed by atoms with Gasteiger partial charge >= 0.3 is 0 Å². The van der Waals surface area contributed by atoms with E-state index in [4.69, 9.17) is 10.5 Å². The van der Waals surface area contributed by atoms with Gasteiger partial charge in [0.1, 0.15) is 0 Å². The number of anilines is 2. The number of benzene rings is 1. The predicted molar refractivity (Wildman–Crippen MR) is 71.0 cm³/mol. The second kappa shape index (κ2) is 5.03. The SMILES string of the molecule is Nc1ccc(NC2CCOCC2)c(I)c1. The molecule has 82 valence electrons. The highest BCUT2D eigenvalue weighted by Crippen LogP contribution is 2.23. The molecular weight excluding hydrogens is 303 g/mol. The van der Waals surface area contributed by atoms with Crippen LogP contribution in [0.2, 0.25) is 0 Å². The molecular formula is C11H15IN2O. The molecule has 15 heavy (non-hydrogen) atoms. The standard InChI is InChI=1S/C11H15IN2O/c12-10-7-8(13)1-2-11(10)14-9-3-5-15-6-4-9/h1-2,7,9,14H,3-6,13H2. The molecule has 0 unspecified atom stereocenters. The van der Waals surface area contributed by atoms with E-state index in [1.165, 1.54) is 9.26 Å². The molecule has 0 aliphatic carbocycles. The van der Waals surface area contributed by atoms with E-state index >= 15 is 0 Å². The third-order valence-electron chi connectivity index (χ3n) is 2.57. The van der Waals surface area contributed by atoms with E-state index in [-0.39, 0.29) is 0 Å². The molecule has 3 N–H and O–H groups in total. The van der Waals surface area contributed by atoms with Crippen LogP contribution in [0.25, 0.3) is 0 Å². The fraction of sp³-hybridized carbons (Fsp3) is 0.455. The summed E-state index contributed by atoms with van der Waals surface area (Å²) in [6, 6.07) is 6.51. The number of nitrogens with two attached hydrogens (primary N) is 1. The number of ether oxygens (including phenoxy) is 1. The van der Waals surface area contributed by atoms with Crippen molar-refractivity contribution in [1.29, 1.82) is 0 Å². The Morgan fingerprint density at radius 2 is 2.07 bits per heavy atom. The average Bonchev–Trinajstić information content (AvgIpc) is 2.24. The molecule has 1 aromatic carbocycles. The molecule has 3 nitrogen and oxygen atoms in total. The maximum atomic E-state index is 5.71. The summed E-state index contributed by atoms with van der Waals surface area (Å²) in [6.07, 6.45) is 2.17. The van der Waals surface area contributed by atoms with Gasteiger partial charge in [-0.2, -0.15) is 0 Å². The van der Waals surface area contributed by atoms with Crippen molar-refractivity contribution in [2.75, 3.05) is 24.3 Å². The molecule has 1 aliphatic heterocycles. The molecule has 0 saturated carbocycles. The first kappa shape index (κ1) is 11.0. The van der Waals surface area contributed by atoms with Crippen molar-refractivity contribution in [3.63, 3.8) is 0 Å². The summed E-state index contributed by atoms with van der Waals surface area (Å²) in [6.45, 7) is 1.73. The predicted octanol–water partition coefficient (Wildman–Crippen LogP) is 2.46. The zero-order valence-electron chi connectivity index (χ0n) is 8.50. The summed E-state index contributed by atoms with van der Waals surface area (Å²) in [4.78, 5) is 0. The summed E-state index contributed by atoms with van der Waals surface area (Å²) >= 11 is 2.31. The maximum absolute atomic E-state index is 5.71. The van der Waals surface area contributed by atoms with Gasteiger partial charge < -0.3 is 15.8 Å². The van der Waals surface area contributed by atoms with E-state index < -0.39 is 0 Å². The van der Waals surface area contributed by atoms with Gasteiger partial charge in [0.2, 0.25) is 0 Å². The Morgan fingerprint density at radius 3 is 2.73 bits per heavy atom. The summed E-state index contributed by atoms with van der Waals surface area (Å²) in [5.74, 6) is 0. The second-order valence-corrected chi connectivity index (χ2v) is 4.93. The molecule has 1 saturated heterocycles. The van der Waals surface area contributed by atoms with Gasteiger partial charge in [-0.3, -0.25) is 0 Å². The Kier molecular flexibility index (Phi) is 3.69. The second-order valence-electron chi connectivity index (χ2n) is 3.77. The Hall–Kier alpha value is -0.490. The van der Waals surface area contributed by atoms with Gasteiger partial charge in [-0.1, -0.05) is 0 Å². The Balaban J connectivity index is 2.03. The van der Waals surface area contributed by atoms with Gasteiger partial charge in [-0.15, -0.1) is 0 Å². The van der Waals surface area contributed by atoms with Crippen LogP contribution in [-0.4, -0.2) is 19.3 Å². The van der Waals surface area contributed by atoms with Crippen molar-refractivity contribution in [2.24, 2.45) is 0 Å². The molecule has 2 rings (SSSR count). The summed E-state index contributed by atoms with van der Waals surface area (Å²) < 4.78 is 6.50. The Labute approximate surface area is 104 Å². The average molecular weight is 318 g/mol. The molecule has 0 bridgehead atoms. The zero-order valence-corrected chi connectivity index (χ0v) is 10.7. The van der Waals surface area contributed by atoms with Gasteiger partial charge in [0.25, 0.3) is 0 Å². The normalized spacial score (nSPS) is 17.7. The summed E-state index contributed by atoms with van der Waals surface area (Å²) in [7, 11) is 0. The van der Waals surface area contributed by atoms with Crippen LogP contribution in [0.1, 0.15) is 12.8 Å². The molecule has 0 aromatic heterocycles. The first-order chi connectivity index (χ1) is 7.25. The maximum Gasteiger partial charge on any atom is 0.0485 e. The van der Waals surface area contributed by atoms with Crippen LogP contribution < -0.4 is 11.1 Å². The first-order valence-corrected chi connectivity index (χ1v) is 6.23. The summed E-state index contributed by atoms with van der Waals surface area (Å²) in [5.41, 5.74) is 7.70. The quantitative estimate of drug-likeness (QED) is 0.650. The molecule has 1 fully saturated rings. The topological polar surface area (TPSA) is 47.3 Å². The van der Waals surface area contributed by atoms with Gasteiger partial charge in [-0.05, 0) is 53.6 Å². The lowest BCUT2D eigenvalue weighted by atomic mass is 10.1. The molecule has 1 heterocycles. The highest BCUT2D eigenvalue weighted by molar-refractivity contribution is 14.1. The molecule has 4 heteroatoms. The smallest absolute Gasteiger partial charge is 0.0485 e. The van der Waals surface area contributed by atoms with Crippen LogP contribution in [0, 0.1) is 3.57 Å². The van der Waals surface area contributed by atoms with Crippen LogP contribution in [-0.2, 0) is 4.74 Å². The van der Waals surface area contributed by atoms with Crippen molar-refractivity contribution in [3.05, 3.63) is 21.8 Å². The van der Waals surface area contributed by atoms with Crippen LogP contribution in [0.5, 0.6) is 0 Å². The number of hydrogen-bond donors (Lipinski definition) is 2. The van der Waals surface area contributed by atoms with Crippen molar-refractivity contribution >= 4 is 34.0 Å². The lowest BCUT2D eigenvalue weighted by Gasteiger charge is -2.24.